The maximum atomic E-state index is 13.8. The van der Waals surface area contributed by atoms with E-state index in [0.29, 0.717) is 12.2 Å². The third-order valence-corrected chi connectivity index (χ3v) is 8.10. The molecule has 0 saturated heterocycles. The molecular weight excluding hydrogens is 448 g/mol. The van der Waals surface area contributed by atoms with Gasteiger partial charge >= 0.3 is 5.97 Å². The zero-order chi connectivity index (χ0) is 25.3. The SMILES string of the molecule is Cc1ccc2c(c1C)NC(=O)C2(c1ccc(C[C@H](N)C(=O)Oc2ccccc2)cc1)C1CCCCC1. The number of carbonyl (C=O) groups excluding carboxylic acids is 2. The molecular formula is C31H34N2O3. The minimum Gasteiger partial charge on any atom is -0.425 e. The van der Waals surface area contributed by atoms with Crippen LogP contribution in [0, 0.1) is 19.8 Å². The molecule has 36 heavy (non-hydrogen) atoms. The number of hydrogen-bond acceptors (Lipinski definition) is 4. The zero-order valence-corrected chi connectivity index (χ0v) is 21.1. The molecule has 0 spiro atoms. The van der Waals surface area contributed by atoms with E-state index in [1.54, 1.807) is 12.1 Å². The first kappa shape index (κ1) is 24.3. The van der Waals surface area contributed by atoms with Gasteiger partial charge in [0.2, 0.25) is 5.91 Å². The van der Waals surface area contributed by atoms with Crippen LogP contribution in [-0.2, 0) is 21.4 Å². The Bertz CT molecular complexity index is 1260. The van der Waals surface area contributed by atoms with E-state index in [4.69, 9.17) is 10.5 Å². The summed E-state index contributed by atoms with van der Waals surface area (Å²) in [5.41, 5.74) is 11.8. The van der Waals surface area contributed by atoms with Crippen LogP contribution in [0.5, 0.6) is 5.75 Å². The quantitative estimate of drug-likeness (QED) is 0.354. The summed E-state index contributed by atoms with van der Waals surface area (Å²) in [7, 11) is 0. The zero-order valence-electron chi connectivity index (χ0n) is 21.1. The lowest BCUT2D eigenvalue weighted by Crippen LogP contribution is -2.44. The molecule has 0 aromatic heterocycles. The van der Waals surface area contributed by atoms with E-state index in [-0.39, 0.29) is 11.8 Å². The molecule has 3 aromatic rings. The number of fused-ring (bicyclic) bond motifs is 1. The van der Waals surface area contributed by atoms with Gasteiger partial charge in [0.1, 0.15) is 17.2 Å². The van der Waals surface area contributed by atoms with Crippen molar-refractivity contribution in [2.45, 2.75) is 63.8 Å². The van der Waals surface area contributed by atoms with Crippen LogP contribution in [0.15, 0.2) is 66.7 Å². The second kappa shape index (κ2) is 9.90. The van der Waals surface area contributed by atoms with E-state index in [9.17, 15) is 9.59 Å². The molecule has 2 aliphatic rings. The number of ether oxygens (including phenoxy) is 1. The van der Waals surface area contributed by atoms with Crippen molar-refractivity contribution in [3.8, 4) is 5.75 Å². The first-order chi connectivity index (χ1) is 17.4. The molecule has 1 aliphatic carbocycles. The molecule has 5 rings (SSSR count). The molecule has 3 N–H and O–H groups in total. The average molecular weight is 483 g/mol. The number of nitrogens with two attached hydrogens (primary N) is 1. The Morgan fingerprint density at radius 2 is 1.69 bits per heavy atom. The van der Waals surface area contributed by atoms with Crippen molar-refractivity contribution < 1.29 is 14.3 Å². The molecule has 3 aromatic carbocycles. The van der Waals surface area contributed by atoms with Crippen molar-refractivity contribution in [3.63, 3.8) is 0 Å². The van der Waals surface area contributed by atoms with Crippen LogP contribution in [0.3, 0.4) is 0 Å². The van der Waals surface area contributed by atoms with Crippen molar-refractivity contribution in [2.75, 3.05) is 5.32 Å². The molecule has 5 nitrogen and oxygen atoms in total. The highest BCUT2D eigenvalue weighted by Gasteiger charge is 2.53. The number of aryl methyl sites for hydroxylation is 1. The predicted molar refractivity (Wildman–Crippen MR) is 142 cm³/mol. The summed E-state index contributed by atoms with van der Waals surface area (Å²) in [6, 6.07) is 20.6. The molecule has 0 radical (unpaired) electrons. The fourth-order valence-electron chi connectivity index (χ4n) is 6.02. The van der Waals surface area contributed by atoms with Crippen LogP contribution in [0.4, 0.5) is 5.69 Å². The highest BCUT2D eigenvalue weighted by molar-refractivity contribution is 6.09. The molecule has 1 saturated carbocycles. The van der Waals surface area contributed by atoms with Crippen LogP contribution in [0.1, 0.15) is 59.9 Å². The Morgan fingerprint density at radius 3 is 2.39 bits per heavy atom. The molecule has 5 heteroatoms. The number of hydrogen-bond donors (Lipinski definition) is 2. The maximum absolute atomic E-state index is 13.8. The molecule has 0 bridgehead atoms. The van der Waals surface area contributed by atoms with Gasteiger partial charge in [0.25, 0.3) is 0 Å². The van der Waals surface area contributed by atoms with Gasteiger partial charge in [0.15, 0.2) is 0 Å². The van der Waals surface area contributed by atoms with Crippen LogP contribution in [0.2, 0.25) is 0 Å². The van der Waals surface area contributed by atoms with Gasteiger partial charge < -0.3 is 15.8 Å². The first-order valence-corrected chi connectivity index (χ1v) is 12.9. The number of nitrogens with one attached hydrogen (secondary N) is 1. The van der Waals surface area contributed by atoms with Gasteiger partial charge in [0, 0.05) is 5.69 Å². The standard InChI is InChI=1S/C31H34N2O3/c1-20-13-18-26-28(21(20)2)33-30(35)31(26,23-9-5-3-6-10-23)24-16-14-22(15-17-24)19-27(32)29(34)36-25-11-7-4-8-12-25/h4,7-8,11-18,23,27H,3,5-6,9-10,19,32H2,1-2H3,(H,33,35)/t27-,31?/m0/s1. The van der Waals surface area contributed by atoms with Crippen molar-refractivity contribution >= 4 is 17.6 Å². The molecule has 1 unspecified atom stereocenters. The number of esters is 1. The predicted octanol–water partition coefficient (Wildman–Crippen LogP) is 5.60. The van der Waals surface area contributed by atoms with Gasteiger partial charge in [-0.15, -0.1) is 0 Å². The van der Waals surface area contributed by atoms with Gasteiger partial charge in [-0.2, -0.15) is 0 Å². The van der Waals surface area contributed by atoms with Gasteiger partial charge in [-0.1, -0.05) is 73.9 Å². The number of para-hydroxylation sites is 1. The molecule has 1 fully saturated rings. The largest absolute Gasteiger partial charge is 0.425 e. The minimum atomic E-state index is -0.774. The van der Waals surface area contributed by atoms with E-state index in [1.165, 1.54) is 12.0 Å². The third kappa shape index (κ3) is 4.22. The summed E-state index contributed by atoms with van der Waals surface area (Å²) in [6.07, 6.45) is 5.97. The van der Waals surface area contributed by atoms with E-state index in [1.807, 2.05) is 30.3 Å². The molecule has 1 aliphatic heterocycles. The van der Waals surface area contributed by atoms with Gasteiger partial charge in [0.05, 0.1) is 0 Å². The summed E-state index contributed by atoms with van der Waals surface area (Å²) in [5, 5.41) is 3.26. The Kier molecular flexibility index (Phi) is 6.67. The summed E-state index contributed by atoms with van der Waals surface area (Å²) >= 11 is 0. The van der Waals surface area contributed by atoms with Gasteiger partial charge in [-0.3, -0.25) is 4.79 Å². The Labute approximate surface area is 213 Å². The number of carbonyl (C=O) groups is 2. The molecule has 2 atom stereocenters. The monoisotopic (exact) mass is 482 g/mol. The van der Waals surface area contributed by atoms with E-state index >= 15 is 0 Å². The number of amides is 1. The lowest BCUT2D eigenvalue weighted by Gasteiger charge is -2.39. The van der Waals surface area contributed by atoms with Crippen LogP contribution >= 0.6 is 0 Å². The third-order valence-electron chi connectivity index (χ3n) is 8.10. The van der Waals surface area contributed by atoms with E-state index in [2.05, 4.69) is 43.4 Å². The van der Waals surface area contributed by atoms with Crippen molar-refractivity contribution in [1.29, 1.82) is 0 Å². The second-order valence-electron chi connectivity index (χ2n) is 10.3. The smallest absolute Gasteiger partial charge is 0.328 e. The summed E-state index contributed by atoms with van der Waals surface area (Å²) in [5.74, 6) is 0.357. The molecule has 186 valence electrons. The average Bonchev–Trinajstić information content (AvgIpc) is 3.21. The summed E-state index contributed by atoms with van der Waals surface area (Å²) in [4.78, 5) is 26.3. The fourth-order valence-corrected chi connectivity index (χ4v) is 6.02. The minimum absolute atomic E-state index is 0.0778. The van der Waals surface area contributed by atoms with E-state index in [0.717, 1.165) is 53.6 Å². The normalized spacial score (nSPS) is 20.5. The topological polar surface area (TPSA) is 81.4 Å². The second-order valence-corrected chi connectivity index (χ2v) is 10.3. The van der Waals surface area contributed by atoms with Crippen LogP contribution in [0.25, 0.3) is 0 Å². The summed E-state index contributed by atoms with van der Waals surface area (Å²) in [6.45, 7) is 4.17. The van der Waals surface area contributed by atoms with Gasteiger partial charge in [-0.05, 0) is 79.0 Å². The summed E-state index contributed by atoms with van der Waals surface area (Å²) < 4.78 is 5.41. The van der Waals surface area contributed by atoms with Crippen LogP contribution < -0.4 is 15.8 Å². The fraction of sp³-hybridized carbons (Fsp3) is 0.355. The Morgan fingerprint density at radius 1 is 1.00 bits per heavy atom. The number of benzene rings is 3. The maximum Gasteiger partial charge on any atom is 0.328 e. The molecule has 1 amide bonds. The van der Waals surface area contributed by atoms with Crippen LogP contribution in [-0.4, -0.2) is 17.9 Å². The lowest BCUT2D eigenvalue weighted by molar-refractivity contribution is -0.135. The number of anilines is 1. The van der Waals surface area contributed by atoms with Gasteiger partial charge in [-0.25, -0.2) is 4.79 Å². The highest BCUT2D eigenvalue weighted by Crippen LogP contribution is 2.53. The van der Waals surface area contributed by atoms with Crippen molar-refractivity contribution in [3.05, 3.63) is 94.5 Å². The Hall–Kier alpha value is -3.44. The van der Waals surface area contributed by atoms with Crippen molar-refractivity contribution in [1.82, 2.24) is 0 Å². The highest BCUT2D eigenvalue weighted by atomic mass is 16.5. The van der Waals surface area contributed by atoms with Crippen molar-refractivity contribution in [2.24, 2.45) is 11.7 Å². The lowest BCUT2D eigenvalue weighted by atomic mass is 9.62. The Balaban J connectivity index is 1.44. The van der Waals surface area contributed by atoms with E-state index < -0.39 is 17.4 Å². The first-order valence-electron chi connectivity index (χ1n) is 12.9. The number of rotatable bonds is 6. The molecule has 1 heterocycles.